The molecule has 2 bridgehead atoms. The summed E-state index contributed by atoms with van der Waals surface area (Å²) >= 11 is 0. The maximum absolute atomic E-state index is 14.2. The number of rotatable bonds is 2. The van der Waals surface area contributed by atoms with Crippen molar-refractivity contribution in [1.29, 1.82) is 0 Å². The molecule has 1 aliphatic carbocycles. The Balaban J connectivity index is 1.58. The molecule has 7 nitrogen and oxygen atoms in total. The third-order valence-corrected chi connectivity index (χ3v) is 6.27. The van der Waals surface area contributed by atoms with Crippen LogP contribution in [0.2, 0.25) is 0 Å². The molecule has 1 fully saturated rings. The summed E-state index contributed by atoms with van der Waals surface area (Å²) in [5, 5.41) is 9.27. The Morgan fingerprint density at radius 2 is 2.03 bits per heavy atom. The molecule has 0 spiro atoms. The highest BCUT2D eigenvalue weighted by atomic mass is 19.1. The van der Waals surface area contributed by atoms with Crippen molar-refractivity contribution in [3.05, 3.63) is 65.9 Å². The lowest BCUT2D eigenvalue weighted by Crippen LogP contribution is -2.12. The van der Waals surface area contributed by atoms with Gasteiger partial charge in [-0.1, -0.05) is 0 Å². The minimum atomic E-state index is -0.446. The summed E-state index contributed by atoms with van der Waals surface area (Å²) in [7, 11) is 0. The van der Waals surface area contributed by atoms with Crippen LogP contribution in [0, 0.1) is 11.7 Å². The van der Waals surface area contributed by atoms with Gasteiger partial charge in [-0.15, -0.1) is 0 Å². The number of aromatic nitrogens is 5. The SMILES string of the molecule is C[C@H]1Oc2cc(cnc2N)-c2c(cnn2CC2CC2)Cn2nccc2-c2ccc(F)cc21. The summed E-state index contributed by atoms with van der Waals surface area (Å²) in [6.07, 6.45) is 7.45. The molecular formula is C24H23FN6O. The first-order valence-corrected chi connectivity index (χ1v) is 10.9. The molecule has 3 aromatic heterocycles. The van der Waals surface area contributed by atoms with Crippen LogP contribution in [0.15, 0.2) is 48.9 Å². The van der Waals surface area contributed by atoms with Crippen molar-refractivity contribution in [2.24, 2.45) is 5.92 Å². The van der Waals surface area contributed by atoms with E-state index < -0.39 is 6.10 Å². The van der Waals surface area contributed by atoms with E-state index in [2.05, 4.69) is 14.8 Å². The van der Waals surface area contributed by atoms with Crippen molar-refractivity contribution < 1.29 is 9.13 Å². The van der Waals surface area contributed by atoms with Crippen molar-refractivity contribution in [3.8, 4) is 28.3 Å². The zero-order chi connectivity index (χ0) is 21.8. The molecule has 1 atom stereocenters. The lowest BCUT2D eigenvalue weighted by molar-refractivity contribution is 0.227. The van der Waals surface area contributed by atoms with Gasteiger partial charge in [0.1, 0.15) is 11.9 Å². The average Bonchev–Trinajstić information content (AvgIpc) is 3.33. The second-order valence-electron chi connectivity index (χ2n) is 8.62. The predicted molar refractivity (Wildman–Crippen MR) is 118 cm³/mol. The van der Waals surface area contributed by atoms with Gasteiger partial charge in [0.15, 0.2) is 11.6 Å². The maximum atomic E-state index is 14.2. The Hall–Kier alpha value is -3.68. The first-order valence-electron chi connectivity index (χ1n) is 10.9. The number of nitrogens with two attached hydrogens (primary N) is 1. The maximum Gasteiger partial charge on any atom is 0.166 e. The third kappa shape index (κ3) is 3.23. The normalized spacial score (nSPS) is 17.4. The summed E-state index contributed by atoms with van der Waals surface area (Å²) in [6, 6.07) is 8.60. The molecule has 1 aromatic carbocycles. The zero-order valence-corrected chi connectivity index (χ0v) is 17.7. The van der Waals surface area contributed by atoms with E-state index in [4.69, 9.17) is 15.6 Å². The fourth-order valence-corrected chi connectivity index (χ4v) is 4.44. The first-order chi connectivity index (χ1) is 15.6. The lowest BCUT2D eigenvalue weighted by Gasteiger charge is -2.21. The van der Waals surface area contributed by atoms with E-state index in [1.807, 2.05) is 29.9 Å². The van der Waals surface area contributed by atoms with Gasteiger partial charge in [0.2, 0.25) is 0 Å². The average molecular weight is 430 g/mol. The fourth-order valence-electron chi connectivity index (χ4n) is 4.44. The van der Waals surface area contributed by atoms with Gasteiger partial charge in [-0.2, -0.15) is 10.2 Å². The number of hydrogen-bond donors (Lipinski definition) is 1. The van der Waals surface area contributed by atoms with Crippen molar-refractivity contribution in [1.82, 2.24) is 24.5 Å². The Morgan fingerprint density at radius 1 is 1.16 bits per heavy atom. The molecule has 1 aliphatic heterocycles. The molecule has 2 N–H and O–H groups in total. The monoisotopic (exact) mass is 430 g/mol. The molecule has 32 heavy (non-hydrogen) atoms. The van der Waals surface area contributed by atoms with Crippen molar-refractivity contribution in [3.63, 3.8) is 0 Å². The molecule has 0 radical (unpaired) electrons. The van der Waals surface area contributed by atoms with Crippen LogP contribution in [0.4, 0.5) is 10.2 Å². The number of halogens is 1. The molecule has 6 rings (SSSR count). The zero-order valence-electron chi connectivity index (χ0n) is 17.7. The van der Waals surface area contributed by atoms with Crippen LogP contribution in [0.5, 0.6) is 5.75 Å². The van der Waals surface area contributed by atoms with Gasteiger partial charge < -0.3 is 10.5 Å². The van der Waals surface area contributed by atoms with Gasteiger partial charge >= 0.3 is 0 Å². The third-order valence-electron chi connectivity index (χ3n) is 6.27. The van der Waals surface area contributed by atoms with Gasteiger partial charge in [0, 0.05) is 41.2 Å². The van der Waals surface area contributed by atoms with Crippen LogP contribution < -0.4 is 10.5 Å². The minimum absolute atomic E-state index is 0.301. The standard InChI is InChI=1S/C24H23FN6O/c1-14-20-9-18(25)4-5-19(20)21-6-7-28-30(21)13-17-11-29-31(12-15-2-3-15)23(17)16-8-22(32-14)24(26)27-10-16/h4-11,14-15H,2-3,12-13H2,1H3,(H2,26,27)/t14-/m1/s1. The van der Waals surface area contributed by atoms with E-state index in [1.165, 1.54) is 25.0 Å². The van der Waals surface area contributed by atoms with E-state index >= 15 is 0 Å². The van der Waals surface area contributed by atoms with Gasteiger partial charge in [-0.25, -0.2) is 9.37 Å². The quantitative estimate of drug-likeness (QED) is 0.508. The second-order valence-corrected chi connectivity index (χ2v) is 8.62. The molecule has 8 heteroatoms. The second kappa shape index (κ2) is 7.19. The minimum Gasteiger partial charge on any atom is -0.482 e. The summed E-state index contributed by atoms with van der Waals surface area (Å²) in [4.78, 5) is 4.40. The number of anilines is 1. The lowest BCUT2D eigenvalue weighted by atomic mass is 9.99. The van der Waals surface area contributed by atoms with Crippen molar-refractivity contribution in [2.75, 3.05) is 5.73 Å². The Morgan fingerprint density at radius 3 is 2.88 bits per heavy atom. The molecule has 0 saturated heterocycles. The molecule has 0 unspecified atom stereocenters. The summed E-state index contributed by atoms with van der Waals surface area (Å²) < 4.78 is 24.4. The van der Waals surface area contributed by atoms with Crippen LogP contribution in [0.1, 0.15) is 37.0 Å². The number of ether oxygens (including phenoxy) is 1. The van der Waals surface area contributed by atoms with Gasteiger partial charge in [-0.05, 0) is 56.0 Å². The summed E-state index contributed by atoms with van der Waals surface area (Å²) in [5.41, 5.74) is 11.6. The van der Waals surface area contributed by atoms with E-state index in [0.29, 0.717) is 24.0 Å². The molecule has 4 heterocycles. The molecule has 162 valence electrons. The van der Waals surface area contributed by atoms with Crippen LogP contribution in [0.3, 0.4) is 0 Å². The van der Waals surface area contributed by atoms with Crippen LogP contribution in [-0.4, -0.2) is 24.5 Å². The van der Waals surface area contributed by atoms with Crippen LogP contribution in [0.25, 0.3) is 22.5 Å². The van der Waals surface area contributed by atoms with E-state index in [1.54, 1.807) is 18.5 Å². The Kier molecular flexibility index (Phi) is 4.28. The highest BCUT2D eigenvalue weighted by Gasteiger charge is 2.26. The van der Waals surface area contributed by atoms with Crippen LogP contribution in [-0.2, 0) is 13.1 Å². The smallest absolute Gasteiger partial charge is 0.166 e. The predicted octanol–water partition coefficient (Wildman–Crippen LogP) is 4.44. The van der Waals surface area contributed by atoms with Gasteiger partial charge in [0.25, 0.3) is 0 Å². The Labute approximate surface area is 184 Å². The Bertz CT molecular complexity index is 1320. The largest absolute Gasteiger partial charge is 0.482 e. The molecule has 1 saturated carbocycles. The topological polar surface area (TPSA) is 83.8 Å². The van der Waals surface area contributed by atoms with E-state index in [9.17, 15) is 4.39 Å². The number of benzene rings is 1. The number of pyridine rings is 1. The summed E-state index contributed by atoms with van der Waals surface area (Å²) in [5.74, 6) is 1.13. The number of nitrogen functional groups attached to an aromatic ring is 1. The van der Waals surface area contributed by atoms with E-state index in [0.717, 1.165) is 40.2 Å². The first kappa shape index (κ1) is 19.0. The highest BCUT2D eigenvalue weighted by Crippen LogP contribution is 2.38. The summed E-state index contributed by atoms with van der Waals surface area (Å²) in [6.45, 7) is 3.30. The van der Waals surface area contributed by atoms with Crippen molar-refractivity contribution >= 4 is 5.82 Å². The van der Waals surface area contributed by atoms with E-state index in [-0.39, 0.29) is 5.82 Å². The highest BCUT2D eigenvalue weighted by molar-refractivity contribution is 5.69. The number of fused-ring (bicyclic) bond motifs is 7. The van der Waals surface area contributed by atoms with Gasteiger partial charge in [0.05, 0.1) is 24.1 Å². The molecular weight excluding hydrogens is 407 g/mol. The number of hydrogen-bond acceptors (Lipinski definition) is 5. The molecule has 4 aromatic rings. The number of nitrogens with zero attached hydrogens (tertiary/aromatic N) is 5. The molecule has 0 amide bonds. The van der Waals surface area contributed by atoms with Crippen LogP contribution >= 0.6 is 0 Å². The fraction of sp³-hybridized carbons (Fsp3) is 0.292. The van der Waals surface area contributed by atoms with Gasteiger partial charge in [-0.3, -0.25) is 9.36 Å². The molecule has 2 aliphatic rings. The van der Waals surface area contributed by atoms with Crippen molar-refractivity contribution in [2.45, 2.75) is 39.0 Å².